The van der Waals surface area contributed by atoms with Gasteiger partial charge in [-0.2, -0.15) is 5.26 Å². The van der Waals surface area contributed by atoms with Crippen molar-refractivity contribution in [1.82, 2.24) is 0 Å². The van der Waals surface area contributed by atoms with E-state index in [2.05, 4.69) is 49.4 Å². The number of benzene rings is 2. The summed E-state index contributed by atoms with van der Waals surface area (Å²) in [7, 11) is 0. The Labute approximate surface area is 140 Å². The molecule has 1 saturated carbocycles. The van der Waals surface area contributed by atoms with Gasteiger partial charge in [-0.05, 0) is 72.8 Å². The monoisotopic (exact) mass is 303 g/mol. The van der Waals surface area contributed by atoms with Gasteiger partial charge in [0.05, 0.1) is 11.6 Å². The summed E-state index contributed by atoms with van der Waals surface area (Å²) in [5, 5.41) is 8.90. The molecule has 0 bridgehead atoms. The van der Waals surface area contributed by atoms with E-state index >= 15 is 0 Å². The van der Waals surface area contributed by atoms with Crippen LogP contribution in [0, 0.1) is 11.3 Å². The van der Waals surface area contributed by atoms with Gasteiger partial charge >= 0.3 is 0 Å². The van der Waals surface area contributed by atoms with Crippen LogP contribution in [0.3, 0.4) is 0 Å². The van der Waals surface area contributed by atoms with Gasteiger partial charge in [0.1, 0.15) is 0 Å². The molecule has 2 aromatic carbocycles. The van der Waals surface area contributed by atoms with Crippen molar-refractivity contribution in [2.75, 3.05) is 0 Å². The largest absolute Gasteiger partial charge is 0.192 e. The molecule has 118 valence electrons. The number of hydrogen-bond donors (Lipinski definition) is 0. The van der Waals surface area contributed by atoms with Gasteiger partial charge in [0.2, 0.25) is 0 Å². The molecule has 3 rings (SSSR count). The molecule has 0 atom stereocenters. The van der Waals surface area contributed by atoms with Crippen LogP contribution < -0.4 is 0 Å². The lowest BCUT2D eigenvalue weighted by molar-refractivity contribution is 0.396. The van der Waals surface area contributed by atoms with Crippen molar-refractivity contribution in [2.24, 2.45) is 0 Å². The Morgan fingerprint density at radius 1 is 0.826 bits per heavy atom. The fourth-order valence-electron chi connectivity index (χ4n) is 3.84. The Bertz CT molecular complexity index is 653. The minimum Gasteiger partial charge on any atom is -0.192 e. The van der Waals surface area contributed by atoms with Crippen LogP contribution in [-0.2, 0) is 6.42 Å². The molecular formula is C22H25N. The fourth-order valence-corrected chi connectivity index (χ4v) is 3.84. The minimum absolute atomic E-state index is 0.665. The van der Waals surface area contributed by atoms with E-state index in [0.29, 0.717) is 5.92 Å². The normalized spacial score (nSPS) is 20.9. The van der Waals surface area contributed by atoms with E-state index in [-0.39, 0.29) is 0 Å². The summed E-state index contributed by atoms with van der Waals surface area (Å²) in [5.74, 6) is 1.39. The first-order valence-corrected chi connectivity index (χ1v) is 8.89. The van der Waals surface area contributed by atoms with Crippen molar-refractivity contribution >= 4 is 0 Å². The molecule has 0 aliphatic heterocycles. The van der Waals surface area contributed by atoms with E-state index in [1.54, 1.807) is 0 Å². The third kappa shape index (κ3) is 3.82. The summed E-state index contributed by atoms with van der Waals surface area (Å²) >= 11 is 0. The van der Waals surface area contributed by atoms with Gasteiger partial charge in [0.15, 0.2) is 0 Å². The van der Waals surface area contributed by atoms with Crippen LogP contribution in [-0.4, -0.2) is 0 Å². The molecule has 0 aromatic heterocycles. The third-order valence-electron chi connectivity index (χ3n) is 5.23. The second-order valence-electron chi connectivity index (χ2n) is 6.77. The van der Waals surface area contributed by atoms with Crippen LogP contribution in [0.15, 0.2) is 48.5 Å². The quantitative estimate of drug-likeness (QED) is 0.684. The molecule has 1 aliphatic rings. The van der Waals surface area contributed by atoms with E-state index in [1.807, 2.05) is 12.1 Å². The van der Waals surface area contributed by atoms with Gasteiger partial charge in [-0.3, -0.25) is 0 Å². The summed E-state index contributed by atoms with van der Waals surface area (Å²) < 4.78 is 0. The van der Waals surface area contributed by atoms with E-state index in [4.69, 9.17) is 5.26 Å². The lowest BCUT2D eigenvalue weighted by atomic mass is 9.76. The maximum atomic E-state index is 8.90. The fraction of sp³-hybridized carbons (Fsp3) is 0.409. The van der Waals surface area contributed by atoms with E-state index in [0.717, 1.165) is 11.5 Å². The second-order valence-corrected chi connectivity index (χ2v) is 6.77. The number of aryl methyl sites for hydroxylation is 1. The second kappa shape index (κ2) is 7.47. The van der Waals surface area contributed by atoms with E-state index < -0.39 is 0 Å². The summed E-state index contributed by atoms with van der Waals surface area (Å²) in [5.41, 5.74) is 5.14. The molecule has 0 spiro atoms. The van der Waals surface area contributed by atoms with Crippen LogP contribution in [0.2, 0.25) is 0 Å². The molecule has 1 nitrogen and oxygen atoms in total. The lowest BCUT2D eigenvalue weighted by Crippen LogP contribution is -2.12. The first-order valence-electron chi connectivity index (χ1n) is 8.89. The molecule has 1 fully saturated rings. The number of rotatable bonds is 4. The van der Waals surface area contributed by atoms with E-state index in [9.17, 15) is 0 Å². The molecule has 0 saturated heterocycles. The average molecular weight is 303 g/mol. The maximum absolute atomic E-state index is 8.90. The Morgan fingerprint density at radius 3 is 1.74 bits per heavy atom. The Morgan fingerprint density at radius 2 is 1.30 bits per heavy atom. The van der Waals surface area contributed by atoms with E-state index in [1.165, 1.54) is 55.2 Å². The van der Waals surface area contributed by atoms with Crippen LogP contribution in [0.1, 0.15) is 73.1 Å². The first-order chi connectivity index (χ1) is 11.3. The lowest BCUT2D eigenvalue weighted by Gasteiger charge is -2.29. The van der Waals surface area contributed by atoms with Gasteiger partial charge in [0.25, 0.3) is 0 Å². The molecule has 0 heterocycles. The van der Waals surface area contributed by atoms with Crippen molar-refractivity contribution in [3.63, 3.8) is 0 Å². The van der Waals surface area contributed by atoms with Gasteiger partial charge in [-0.15, -0.1) is 0 Å². The van der Waals surface area contributed by atoms with Crippen LogP contribution >= 0.6 is 0 Å². The highest BCUT2D eigenvalue weighted by atomic mass is 14.3. The number of nitriles is 1. The smallest absolute Gasteiger partial charge is 0.0991 e. The van der Waals surface area contributed by atoms with Crippen molar-refractivity contribution in [2.45, 2.75) is 57.3 Å². The summed E-state index contributed by atoms with van der Waals surface area (Å²) in [4.78, 5) is 0. The predicted molar refractivity (Wildman–Crippen MR) is 95.5 cm³/mol. The standard InChI is InChI=1S/C22H25N/c1-2-3-17-4-8-19(9-5-17)21-12-14-22(15-13-21)20-10-6-18(16-23)7-11-20/h4-11,21-22H,2-3,12-15H2,1H3/t21-,22-. The van der Waals surface area contributed by atoms with Gasteiger partial charge in [-0.1, -0.05) is 49.7 Å². The molecule has 0 amide bonds. The van der Waals surface area contributed by atoms with Crippen LogP contribution in [0.5, 0.6) is 0 Å². The molecule has 23 heavy (non-hydrogen) atoms. The highest BCUT2D eigenvalue weighted by Gasteiger charge is 2.23. The van der Waals surface area contributed by atoms with Crippen LogP contribution in [0.25, 0.3) is 0 Å². The average Bonchev–Trinajstić information content (AvgIpc) is 2.63. The zero-order valence-corrected chi connectivity index (χ0v) is 14.0. The SMILES string of the molecule is CCCc1ccc([C@H]2CC[C@H](c3ccc(C#N)cc3)CC2)cc1. The van der Waals surface area contributed by atoms with Gasteiger partial charge in [0, 0.05) is 0 Å². The third-order valence-corrected chi connectivity index (χ3v) is 5.23. The highest BCUT2D eigenvalue weighted by Crippen LogP contribution is 2.40. The summed E-state index contributed by atoms with van der Waals surface area (Å²) in [6, 6.07) is 19.7. The topological polar surface area (TPSA) is 23.8 Å². The van der Waals surface area contributed by atoms with Crippen molar-refractivity contribution < 1.29 is 0 Å². The van der Waals surface area contributed by atoms with Crippen molar-refractivity contribution in [1.29, 1.82) is 5.26 Å². The number of hydrogen-bond acceptors (Lipinski definition) is 1. The molecular weight excluding hydrogens is 278 g/mol. The Kier molecular flexibility index (Phi) is 5.13. The highest BCUT2D eigenvalue weighted by molar-refractivity contribution is 5.33. The Balaban J connectivity index is 1.60. The van der Waals surface area contributed by atoms with Crippen molar-refractivity contribution in [3.05, 3.63) is 70.8 Å². The van der Waals surface area contributed by atoms with Crippen LogP contribution in [0.4, 0.5) is 0 Å². The number of nitrogens with zero attached hydrogens (tertiary/aromatic N) is 1. The van der Waals surface area contributed by atoms with Gasteiger partial charge in [-0.25, -0.2) is 0 Å². The molecule has 1 heteroatoms. The zero-order chi connectivity index (χ0) is 16.1. The first kappa shape index (κ1) is 15.8. The molecule has 2 aromatic rings. The maximum Gasteiger partial charge on any atom is 0.0991 e. The van der Waals surface area contributed by atoms with Gasteiger partial charge < -0.3 is 0 Å². The van der Waals surface area contributed by atoms with Crippen molar-refractivity contribution in [3.8, 4) is 6.07 Å². The Hall–Kier alpha value is -2.07. The summed E-state index contributed by atoms with van der Waals surface area (Å²) in [6.45, 7) is 2.23. The molecule has 1 aliphatic carbocycles. The minimum atomic E-state index is 0.665. The zero-order valence-electron chi connectivity index (χ0n) is 14.0. The molecule has 0 radical (unpaired) electrons. The summed E-state index contributed by atoms with van der Waals surface area (Å²) in [6.07, 6.45) is 7.47. The predicted octanol–water partition coefficient (Wildman–Crippen LogP) is 5.95. The molecule has 0 unspecified atom stereocenters. The molecule has 0 N–H and O–H groups in total.